The fraction of sp³-hybridized carbons (Fsp3) is 0.333. The molecule has 0 aromatic carbocycles. The Morgan fingerprint density at radius 3 is 3.06 bits per heavy atom. The van der Waals surface area contributed by atoms with Gasteiger partial charge in [-0.3, -0.25) is 4.98 Å². The van der Waals surface area contributed by atoms with Gasteiger partial charge in [-0.25, -0.2) is 0 Å². The maximum absolute atomic E-state index is 8.47. The summed E-state index contributed by atoms with van der Waals surface area (Å²) in [5.41, 5.74) is 0.955. The van der Waals surface area contributed by atoms with E-state index in [0.29, 0.717) is 6.42 Å². The lowest BCUT2D eigenvalue weighted by Crippen LogP contribution is -1.95. The molecule has 0 amide bonds. The van der Waals surface area contributed by atoms with E-state index in [4.69, 9.17) is 5.26 Å². The lowest BCUT2D eigenvalue weighted by molar-refractivity contribution is 0.792. The number of nitriles is 1. The molecule has 0 N–H and O–H groups in total. The molecule has 0 atom stereocenters. The van der Waals surface area contributed by atoms with E-state index in [9.17, 15) is 0 Å². The maximum atomic E-state index is 8.47. The summed E-state index contributed by atoms with van der Waals surface area (Å²) in [6.45, 7) is 0. The van der Waals surface area contributed by atoms with Crippen LogP contribution in [0.2, 0.25) is 0 Å². The van der Waals surface area contributed by atoms with Crippen LogP contribution in [-0.4, -0.2) is 25.5 Å². The summed E-state index contributed by atoms with van der Waals surface area (Å²) in [5, 5.41) is 17.7. The first kappa shape index (κ1) is 12.6. The van der Waals surface area contributed by atoms with Crippen LogP contribution in [0.5, 0.6) is 0 Å². The fourth-order valence-corrected chi connectivity index (χ4v) is 2.35. The second-order valence-electron chi connectivity index (χ2n) is 3.72. The molecule has 0 radical (unpaired) electrons. The summed E-state index contributed by atoms with van der Waals surface area (Å²) in [7, 11) is 1.94. The third-order valence-electron chi connectivity index (χ3n) is 2.42. The fourth-order valence-electron chi connectivity index (χ4n) is 1.50. The van der Waals surface area contributed by atoms with Gasteiger partial charge in [0.25, 0.3) is 0 Å². The van der Waals surface area contributed by atoms with Crippen molar-refractivity contribution in [2.24, 2.45) is 7.05 Å². The molecule has 0 unspecified atom stereocenters. The summed E-state index contributed by atoms with van der Waals surface area (Å²) < 4.78 is 1.95. The Bertz CT molecular complexity index is 543. The van der Waals surface area contributed by atoms with E-state index in [1.54, 1.807) is 24.2 Å². The Labute approximate surface area is 110 Å². The van der Waals surface area contributed by atoms with Crippen molar-refractivity contribution in [3.8, 4) is 17.5 Å². The molecule has 0 aliphatic carbocycles. The molecule has 0 bridgehead atoms. The lowest BCUT2D eigenvalue weighted by Gasteiger charge is -2.02. The molecule has 18 heavy (non-hydrogen) atoms. The number of aromatic nitrogens is 4. The van der Waals surface area contributed by atoms with Crippen LogP contribution in [0.15, 0.2) is 29.7 Å². The summed E-state index contributed by atoms with van der Waals surface area (Å²) >= 11 is 1.62. The van der Waals surface area contributed by atoms with Gasteiger partial charge in [-0.05, 0) is 18.6 Å². The van der Waals surface area contributed by atoms with Crippen molar-refractivity contribution in [3.05, 3.63) is 24.5 Å². The Morgan fingerprint density at radius 2 is 2.33 bits per heavy atom. The molecule has 2 aromatic rings. The number of hydrogen-bond donors (Lipinski definition) is 0. The summed E-state index contributed by atoms with van der Waals surface area (Å²) in [6.07, 6.45) is 4.96. The first-order valence-corrected chi connectivity index (χ1v) is 6.61. The highest BCUT2D eigenvalue weighted by Gasteiger charge is 2.10. The zero-order chi connectivity index (χ0) is 12.8. The number of pyridine rings is 1. The molecule has 92 valence electrons. The van der Waals surface area contributed by atoms with E-state index in [1.165, 1.54) is 0 Å². The summed E-state index contributed by atoms with van der Waals surface area (Å²) in [4.78, 5) is 4.07. The van der Waals surface area contributed by atoms with Gasteiger partial charge < -0.3 is 4.57 Å². The smallest absolute Gasteiger partial charge is 0.191 e. The largest absolute Gasteiger partial charge is 0.305 e. The minimum atomic E-state index is 0.584. The predicted molar refractivity (Wildman–Crippen MR) is 69.8 cm³/mol. The van der Waals surface area contributed by atoms with Gasteiger partial charge in [0.15, 0.2) is 11.0 Å². The number of hydrogen-bond acceptors (Lipinski definition) is 5. The molecule has 6 heteroatoms. The van der Waals surface area contributed by atoms with Crippen LogP contribution in [0, 0.1) is 11.3 Å². The minimum Gasteiger partial charge on any atom is -0.305 e. The van der Waals surface area contributed by atoms with Gasteiger partial charge >= 0.3 is 0 Å². The van der Waals surface area contributed by atoms with E-state index < -0.39 is 0 Å². The number of thioether (sulfide) groups is 1. The monoisotopic (exact) mass is 259 g/mol. The normalized spacial score (nSPS) is 10.2. The Hall–Kier alpha value is -1.87. The number of nitrogens with zero attached hydrogens (tertiary/aromatic N) is 5. The van der Waals surface area contributed by atoms with Crippen molar-refractivity contribution in [1.29, 1.82) is 5.26 Å². The van der Waals surface area contributed by atoms with Crippen LogP contribution >= 0.6 is 11.8 Å². The van der Waals surface area contributed by atoms with Crippen LogP contribution in [-0.2, 0) is 7.05 Å². The molecule has 0 saturated heterocycles. The maximum Gasteiger partial charge on any atom is 0.191 e. The molecule has 2 aromatic heterocycles. The van der Waals surface area contributed by atoms with E-state index in [1.807, 2.05) is 23.7 Å². The minimum absolute atomic E-state index is 0.584. The van der Waals surface area contributed by atoms with Crippen LogP contribution < -0.4 is 0 Å². The van der Waals surface area contributed by atoms with Crippen LogP contribution in [0.25, 0.3) is 11.4 Å². The molecule has 0 saturated carbocycles. The van der Waals surface area contributed by atoms with Crippen molar-refractivity contribution in [2.75, 3.05) is 5.75 Å². The number of rotatable bonds is 5. The van der Waals surface area contributed by atoms with E-state index >= 15 is 0 Å². The molecule has 5 nitrogen and oxygen atoms in total. The van der Waals surface area contributed by atoms with Crippen molar-refractivity contribution in [2.45, 2.75) is 18.0 Å². The first-order chi connectivity index (χ1) is 8.83. The molecule has 0 fully saturated rings. The molecule has 0 aliphatic rings. The van der Waals surface area contributed by atoms with Gasteiger partial charge in [0.2, 0.25) is 0 Å². The highest BCUT2D eigenvalue weighted by atomic mass is 32.2. The highest BCUT2D eigenvalue weighted by molar-refractivity contribution is 7.99. The third kappa shape index (κ3) is 2.87. The molecule has 2 heterocycles. The summed E-state index contributed by atoms with van der Waals surface area (Å²) in [6, 6.07) is 5.97. The molecule has 0 spiro atoms. The quantitative estimate of drug-likeness (QED) is 0.608. The van der Waals surface area contributed by atoms with E-state index in [-0.39, 0.29) is 0 Å². The Morgan fingerprint density at radius 1 is 1.44 bits per heavy atom. The van der Waals surface area contributed by atoms with Gasteiger partial charge in [-0.1, -0.05) is 11.8 Å². The SMILES string of the molecule is Cn1c(SCCCC#N)nnc1-c1cccnc1. The van der Waals surface area contributed by atoms with Crippen molar-refractivity contribution < 1.29 is 0 Å². The van der Waals surface area contributed by atoms with Gasteiger partial charge in [0, 0.05) is 37.2 Å². The topological polar surface area (TPSA) is 67.4 Å². The zero-order valence-corrected chi connectivity index (χ0v) is 10.9. The third-order valence-corrected chi connectivity index (χ3v) is 3.53. The Kier molecular flexibility index (Phi) is 4.31. The lowest BCUT2D eigenvalue weighted by atomic mass is 10.3. The van der Waals surface area contributed by atoms with Crippen molar-refractivity contribution in [1.82, 2.24) is 19.7 Å². The average Bonchev–Trinajstić information content (AvgIpc) is 2.77. The highest BCUT2D eigenvalue weighted by Crippen LogP contribution is 2.22. The van der Waals surface area contributed by atoms with Crippen LogP contribution in [0.3, 0.4) is 0 Å². The molecule has 2 rings (SSSR count). The van der Waals surface area contributed by atoms with Gasteiger partial charge in [0.1, 0.15) is 0 Å². The second kappa shape index (κ2) is 6.17. The standard InChI is InChI=1S/C12H13N5S/c1-17-11(10-5-4-7-14-9-10)15-16-12(17)18-8-3-2-6-13/h4-5,7,9H,2-3,8H2,1H3. The molecular weight excluding hydrogens is 246 g/mol. The van der Waals surface area contributed by atoms with Crippen molar-refractivity contribution >= 4 is 11.8 Å². The van der Waals surface area contributed by atoms with Crippen LogP contribution in [0.4, 0.5) is 0 Å². The van der Waals surface area contributed by atoms with E-state index in [0.717, 1.165) is 28.7 Å². The molecular formula is C12H13N5S. The van der Waals surface area contributed by atoms with Crippen LogP contribution in [0.1, 0.15) is 12.8 Å². The zero-order valence-electron chi connectivity index (χ0n) is 10.1. The van der Waals surface area contributed by atoms with Gasteiger partial charge in [0.05, 0.1) is 6.07 Å². The molecule has 0 aliphatic heterocycles. The van der Waals surface area contributed by atoms with Crippen molar-refractivity contribution in [3.63, 3.8) is 0 Å². The average molecular weight is 259 g/mol. The Balaban J connectivity index is 2.08. The van der Waals surface area contributed by atoms with E-state index in [2.05, 4.69) is 21.3 Å². The second-order valence-corrected chi connectivity index (χ2v) is 4.78. The summed E-state index contributed by atoms with van der Waals surface area (Å²) in [5.74, 6) is 1.69. The predicted octanol–water partition coefficient (Wildman–Crippen LogP) is 2.27. The number of unbranched alkanes of at least 4 members (excludes halogenated alkanes) is 1. The van der Waals surface area contributed by atoms with Gasteiger partial charge in [-0.2, -0.15) is 5.26 Å². The first-order valence-electron chi connectivity index (χ1n) is 5.62. The van der Waals surface area contributed by atoms with Gasteiger partial charge in [-0.15, -0.1) is 10.2 Å².